The normalized spacial score (nSPS) is 20.8. The van der Waals surface area contributed by atoms with Crippen molar-refractivity contribution in [2.24, 2.45) is 0 Å². The third kappa shape index (κ3) is 3.94. The number of amides is 2. The molecule has 2 amide bonds. The molecule has 2 fully saturated rings. The van der Waals surface area contributed by atoms with E-state index in [-0.39, 0.29) is 29.8 Å². The molecule has 0 bridgehead atoms. The molecule has 1 aromatic carbocycles. The molecule has 2 aliphatic rings. The average molecular weight is 434 g/mol. The minimum absolute atomic E-state index is 0.0795. The van der Waals surface area contributed by atoms with Crippen LogP contribution in [0.5, 0.6) is 0 Å². The van der Waals surface area contributed by atoms with Crippen LogP contribution < -0.4 is 0 Å². The van der Waals surface area contributed by atoms with Crippen molar-refractivity contribution in [1.82, 2.24) is 14.1 Å². The van der Waals surface area contributed by atoms with Gasteiger partial charge in [-0.25, -0.2) is 8.42 Å². The summed E-state index contributed by atoms with van der Waals surface area (Å²) < 4.78 is 27.0. The van der Waals surface area contributed by atoms with E-state index in [1.54, 1.807) is 46.2 Å². The molecule has 154 valence electrons. The Morgan fingerprint density at radius 3 is 2.31 bits per heavy atom. The van der Waals surface area contributed by atoms with E-state index >= 15 is 0 Å². The van der Waals surface area contributed by atoms with E-state index < -0.39 is 16.1 Å². The Hall–Kier alpha value is -2.23. The van der Waals surface area contributed by atoms with Gasteiger partial charge in [0.25, 0.3) is 5.91 Å². The molecular formula is C20H23N3O4S2. The van der Waals surface area contributed by atoms with Crippen molar-refractivity contribution in [2.45, 2.75) is 23.8 Å². The number of nitrogens with zero attached hydrogens (tertiary/aromatic N) is 3. The second-order valence-electron chi connectivity index (χ2n) is 7.18. The first-order valence-electron chi connectivity index (χ1n) is 9.67. The third-order valence-electron chi connectivity index (χ3n) is 5.46. The Morgan fingerprint density at radius 1 is 0.931 bits per heavy atom. The molecule has 1 atom stereocenters. The number of piperazine rings is 1. The Morgan fingerprint density at radius 2 is 1.66 bits per heavy atom. The average Bonchev–Trinajstić information content (AvgIpc) is 3.46. The fourth-order valence-corrected chi connectivity index (χ4v) is 6.03. The van der Waals surface area contributed by atoms with Crippen molar-refractivity contribution < 1.29 is 18.0 Å². The first kappa shape index (κ1) is 20.1. The Kier molecular flexibility index (Phi) is 5.71. The van der Waals surface area contributed by atoms with Crippen LogP contribution in [0, 0.1) is 0 Å². The molecular weight excluding hydrogens is 410 g/mol. The molecule has 1 aromatic heterocycles. The topological polar surface area (TPSA) is 78.0 Å². The predicted octanol–water partition coefficient (Wildman–Crippen LogP) is 1.89. The van der Waals surface area contributed by atoms with E-state index in [0.717, 1.165) is 6.42 Å². The summed E-state index contributed by atoms with van der Waals surface area (Å²) in [7, 11) is -3.55. The number of sulfonamides is 1. The fourth-order valence-electron chi connectivity index (χ4n) is 3.91. The van der Waals surface area contributed by atoms with Gasteiger partial charge >= 0.3 is 0 Å². The molecule has 2 saturated heterocycles. The monoisotopic (exact) mass is 433 g/mol. The van der Waals surface area contributed by atoms with Crippen LogP contribution in [0.1, 0.15) is 22.5 Å². The van der Waals surface area contributed by atoms with Crippen molar-refractivity contribution in [3.05, 3.63) is 52.7 Å². The first-order valence-corrected chi connectivity index (χ1v) is 12.0. The molecule has 1 unspecified atom stereocenters. The van der Waals surface area contributed by atoms with Crippen molar-refractivity contribution in [3.8, 4) is 0 Å². The second kappa shape index (κ2) is 8.25. The highest BCUT2D eigenvalue weighted by Crippen LogP contribution is 2.25. The lowest BCUT2D eigenvalue weighted by Crippen LogP contribution is -2.55. The largest absolute Gasteiger partial charge is 0.338 e. The molecule has 7 nitrogen and oxygen atoms in total. The van der Waals surface area contributed by atoms with E-state index in [2.05, 4.69) is 0 Å². The Balaban J connectivity index is 1.41. The highest BCUT2D eigenvalue weighted by molar-refractivity contribution is 7.89. The zero-order valence-electron chi connectivity index (χ0n) is 15.9. The standard InChI is InChI=1S/C20H23N3O4S2/c24-19(17-8-4-10-23(17)20(25)18-9-5-15-28-18)21-11-13-22(14-12-21)29(26,27)16-6-2-1-3-7-16/h1-3,5-7,9,15,17H,4,8,10-14H2. The number of thiophene rings is 1. The molecule has 0 spiro atoms. The number of benzene rings is 1. The highest BCUT2D eigenvalue weighted by Gasteiger charge is 2.39. The lowest BCUT2D eigenvalue weighted by Gasteiger charge is -2.36. The summed E-state index contributed by atoms with van der Waals surface area (Å²) in [5.41, 5.74) is 0. The van der Waals surface area contributed by atoms with Crippen molar-refractivity contribution >= 4 is 33.2 Å². The van der Waals surface area contributed by atoms with Gasteiger partial charge in [-0.2, -0.15) is 4.31 Å². The van der Waals surface area contributed by atoms with Gasteiger partial charge in [-0.3, -0.25) is 9.59 Å². The smallest absolute Gasteiger partial charge is 0.264 e. The maximum atomic E-state index is 13.1. The van der Waals surface area contributed by atoms with Gasteiger partial charge in [-0.05, 0) is 36.4 Å². The number of hydrogen-bond acceptors (Lipinski definition) is 5. The molecule has 0 saturated carbocycles. The minimum Gasteiger partial charge on any atom is -0.338 e. The summed E-state index contributed by atoms with van der Waals surface area (Å²) >= 11 is 1.38. The van der Waals surface area contributed by atoms with Crippen LogP contribution in [0.3, 0.4) is 0 Å². The maximum Gasteiger partial charge on any atom is 0.264 e. The summed E-state index contributed by atoms with van der Waals surface area (Å²) in [6.07, 6.45) is 1.45. The van der Waals surface area contributed by atoms with Gasteiger partial charge in [0.05, 0.1) is 9.77 Å². The number of hydrogen-bond donors (Lipinski definition) is 0. The lowest BCUT2D eigenvalue weighted by molar-refractivity contribution is -0.136. The lowest BCUT2D eigenvalue weighted by atomic mass is 10.1. The molecule has 29 heavy (non-hydrogen) atoms. The van der Waals surface area contributed by atoms with E-state index in [4.69, 9.17) is 0 Å². The molecule has 0 aliphatic carbocycles. The highest BCUT2D eigenvalue weighted by atomic mass is 32.2. The molecule has 9 heteroatoms. The van der Waals surface area contributed by atoms with Gasteiger partial charge in [-0.1, -0.05) is 24.3 Å². The Bertz CT molecular complexity index is 968. The quantitative estimate of drug-likeness (QED) is 0.738. The zero-order chi connectivity index (χ0) is 20.4. The summed E-state index contributed by atoms with van der Waals surface area (Å²) in [6.45, 7) is 1.77. The summed E-state index contributed by atoms with van der Waals surface area (Å²) in [6, 6.07) is 11.5. The molecule has 2 aromatic rings. The van der Waals surface area contributed by atoms with Gasteiger partial charge < -0.3 is 9.80 Å². The van der Waals surface area contributed by atoms with Gasteiger partial charge in [-0.15, -0.1) is 11.3 Å². The fraction of sp³-hybridized carbons (Fsp3) is 0.400. The van der Waals surface area contributed by atoms with Crippen LogP contribution in [0.2, 0.25) is 0 Å². The number of rotatable bonds is 4. The molecule has 3 heterocycles. The van der Waals surface area contributed by atoms with Crippen LogP contribution in [0.25, 0.3) is 0 Å². The van der Waals surface area contributed by atoms with Crippen molar-refractivity contribution in [1.29, 1.82) is 0 Å². The molecule has 0 radical (unpaired) electrons. The number of carbonyl (C=O) groups excluding carboxylic acids is 2. The number of carbonyl (C=O) groups is 2. The van der Waals surface area contributed by atoms with Crippen molar-refractivity contribution in [3.63, 3.8) is 0 Å². The summed E-state index contributed by atoms with van der Waals surface area (Å²) in [5, 5.41) is 1.85. The van der Waals surface area contributed by atoms with Crippen LogP contribution in [-0.2, 0) is 14.8 Å². The molecule has 0 N–H and O–H groups in total. The SMILES string of the molecule is O=C(C1CCCN1C(=O)c1cccs1)N1CCN(S(=O)(=O)c2ccccc2)CC1. The van der Waals surface area contributed by atoms with E-state index in [0.29, 0.717) is 30.9 Å². The van der Waals surface area contributed by atoms with E-state index in [1.807, 2.05) is 11.4 Å². The summed E-state index contributed by atoms with van der Waals surface area (Å²) in [4.78, 5) is 30.1. The number of likely N-dealkylation sites (tertiary alicyclic amines) is 1. The van der Waals surface area contributed by atoms with Gasteiger partial charge in [0.1, 0.15) is 6.04 Å². The van der Waals surface area contributed by atoms with Gasteiger partial charge in [0, 0.05) is 32.7 Å². The summed E-state index contributed by atoms with van der Waals surface area (Å²) in [5.74, 6) is -0.176. The van der Waals surface area contributed by atoms with E-state index in [9.17, 15) is 18.0 Å². The van der Waals surface area contributed by atoms with Crippen LogP contribution in [0.4, 0.5) is 0 Å². The molecule has 2 aliphatic heterocycles. The van der Waals surface area contributed by atoms with Gasteiger partial charge in [0.2, 0.25) is 15.9 Å². The maximum absolute atomic E-state index is 13.1. The third-order valence-corrected chi connectivity index (χ3v) is 8.23. The van der Waals surface area contributed by atoms with Crippen LogP contribution in [0.15, 0.2) is 52.7 Å². The van der Waals surface area contributed by atoms with Crippen LogP contribution >= 0.6 is 11.3 Å². The van der Waals surface area contributed by atoms with Crippen molar-refractivity contribution in [2.75, 3.05) is 32.7 Å². The zero-order valence-corrected chi connectivity index (χ0v) is 17.6. The minimum atomic E-state index is -3.55. The first-order chi connectivity index (χ1) is 14.0. The predicted molar refractivity (Wildman–Crippen MR) is 110 cm³/mol. The van der Waals surface area contributed by atoms with Gasteiger partial charge in [0.15, 0.2) is 0 Å². The van der Waals surface area contributed by atoms with Crippen LogP contribution in [-0.4, -0.2) is 73.1 Å². The molecule has 4 rings (SSSR count). The second-order valence-corrected chi connectivity index (χ2v) is 10.1. The van der Waals surface area contributed by atoms with E-state index in [1.165, 1.54) is 15.6 Å². The Labute approximate surface area is 174 Å².